The largest absolute Gasteiger partial charge is 0.337 e. The third kappa shape index (κ3) is 3.47. The van der Waals surface area contributed by atoms with Gasteiger partial charge in [0.1, 0.15) is 5.69 Å². The van der Waals surface area contributed by atoms with E-state index in [2.05, 4.69) is 22.1 Å². The van der Waals surface area contributed by atoms with Gasteiger partial charge in [-0.25, -0.2) is 4.98 Å². The van der Waals surface area contributed by atoms with Gasteiger partial charge < -0.3 is 4.90 Å². The number of aromatic nitrogens is 2. The van der Waals surface area contributed by atoms with Gasteiger partial charge in [-0.1, -0.05) is 6.07 Å². The normalized spacial score (nSPS) is 18.7. The summed E-state index contributed by atoms with van der Waals surface area (Å²) in [6.45, 7) is 3.67. The highest BCUT2D eigenvalue weighted by molar-refractivity contribution is 7.07. The van der Waals surface area contributed by atoms with Crippen molar-refractivity contribution in [2.75, 3.05) is 13.1 Å². The molecular weight excluding hydrogens is 282 g/mol. The van der Waals surface area contributed by atoms with Crippen molar-refractivity contribution in [3.05, 3.63) is 46.2 Å². The van der Waals surface area contributed by atoms with E-state index in [1.807, 2.05) is 23.4 Å². The van der Waals surface area contributed by atoms with Crippen LogP contribution in [0.15, 0.2) is 29.2 Å². The maximum absolute atomic E-state index is 12.4. The molecule has 3 rings (SSSR count). The summed E-state index contributed by atoms with van der Waals surface area (Å²) in [5.74, 6) is 0.592. The Morgan fingerprint density at radius 2 is 2.33 bits per heavy atom. The predicted molar refractivity (Wildman–Crippen MR) is 83.4 cm³/mol. The van der Waals surface area contributed by atoms with Crippen LogP contribution in [0.2, 0.25) is 0 Å². The summed E-state index contributed by atoms with van der Waals surface area (Å²) in [7, 11) is 0. The van der Waals surface area contributed by atoms with E-state index in [9.17, 15) is 4.79 Å². The van der Waals surface area contributed by atoms with Crippen LogP contribution in [0.25, 0.3) is 0 Å². The highest BCUT2D eigenvalue weighted by Crippen LogP contribution is 2.22. The molecule has 0 aromatic carbocycles. The van der Waals surface area contributed by atoms with Crippen LogP contribution in [-0.4, -0.2) is 33.9 Å². The van der Waals surface area contributed by atoms with Gasteiger partial charge in [0.05, 0.1) is 5.51 Å². The Balaban J connectivity index is 1.63. The van der Waals surface area contributed by atoms with E-state index in [1.54, 1.807) is 5.51 Å². The van der Waals surface area contributed by atoms with Gasteiger partial charge in [-0.15, -0.1) is 11.3 Å². The summed E-state index contributed by atoms with van der Waals surface area (Å²) in [6, 6.07) is 4.19. The molecule has 0 bridgehead atoms. The molecule has 4 nitrogen and oxygen atoms in total. The summed E-state index contributed by atoms with van der Waals surface area (Å²) >= 11 is 1.47. The third-order valence-electron chi connectivity index (χ3n) is 3.95. The fraction of sp³-hybridized carbons (Fsp3) is 0.438. The molecule has 0 unspecified atom stereocenters. The van der Waals surface area contributed by atoms with E-state index in [0.717, 1.165) is 31.6 Å². The lowest BCUT2D eigenvalue weighted by atomic mass is 9.91. The van der Waals surface area contributed by atoms with E-state index in [-0.39, 0.29) is 5.91 Å². The molecule has 1 aliphatic rings. The molecule has 0 N–H and O–H groups in total. The lowest BCUT2D eigenvalue weighted by Gasteiger charge is -2.32. The second kappa shape index (κ2) is 6.35. The van der Waals surface area contributed by atoms with Gasteiger partial charge in [0.15, 0.2) is 0 Å². The Kier molecular flexibility index (Phi) is 4.29. The number of hydrogen-bond donors (Lipinski definition) is 0. The zero-order chi connectivity index (χ0) is 14.7. The Bertz CT molecular complexity index is 594. The van der Waals surface area contributed by atoms with Gasteiger partial charge in [-0.05, 0) is 43.7 Å². The summed E-state index contributed by atoms with van der Waals surface area (Å²) in [6.07, 6.45) is 5.19. The second-order valence-corrected chi connectivity index (χ2v) is 6.36. The average Bonchev–Trinajstić information content (AvgIpc) is 3.03. The van der Waals surface area contributed by atoms with E-state index in [1.165, 1.54) is 23.3 Å². The Morgan fingerprint density at radius 3 is 3.05 bits per heavy atom. The number of hydrogen-bond acceptors (Lipinski definition) is 4. The first-order chi connectivity index (χ1) is 10.2. The van der Waals surface area contributed by atoms with Crippen molar-refractivity contribution >= 4 is 17.2 Å². The molecule has 0 radical (unpaired) electrons. The van der Waals surface area contributed by atoms with Crippen molar-refractivity contribution in [2.45, 2.75) is 26.2 Å². The number of aryl methyl sites for hydroxylation is 1. The minimum Gasteiger partial charge on any atom is -0.337 e. The Morgan fingerprint density at radius 1 is 1.43 bits per heavy atom. The fourth-order valence-electron chi connectivity index (χ4n) is 2.85. The lowest BCUT2D eigenvalue weighted by Crippen LogP contribution is -2.40. The number of carbonyl (C=O) groups is 1. The van der Waals surface area contributed by atoms with Crippen molar-refractivity contribution in [1.82, 2.24) is 14.9 Å². The van der Waals surface area contributed by atoms with Crippen LogP contribution in [0.3, 0.4) is 0 Å². The minimum atomic E-state index is 0.0722. The molecule has 21 heavy (non-hydrogen) atoms. The smallest absolute Gasteiger partial charge is 0.273 e. The van der Waals surface area contributed by atoms with Gasteiger partial charge in [-0.3, -0.25) is 9.78 Å². The van der Waals surface area contributed by atoms with Crippen molar-refractivity contribution < 1.29 is 4.79 Å². The molecule has 0 saturated carbocycles. The molecule has 3 heterocycles. The number of pyridine rings is 1. The molecule has 2 aromatic heterocycles. The summed E-state index contributed by atoms with van der Waals surface area (Å²) < 4.78 is 0. The van der Waals surface area contributed by atoms with Crippen LogP contribution < -0.4 is 0 Å². The van der Waals surface area contributed by atoms with Gasteiger partial charge >= 0.3 is 0 Å². The summed E-state index contributed by atoms with van der Waals surface area (Å²) in [5.41, 5.74) is 4.60. The summed E-state index contributed by atoms with van der Waals surface area (Å²) in [5, 5.41) is 1.83. The average molecular weight is 301 g/mol. The van der Waals surface area contributed by atoms with Crippen LogP contribution in [0, 0.1) is 12.8 Å². The number of carbonyl (C=O) groups excluding carboxylic acids is 1. The van der Waals surface area contributed by atoms with Crippen molar-refractivity contribution in [2.24, 2.45) is 5.92 Å². The highest BCUT2D eigenvalue weighted by atomic mass is 32.1. The molecule has 5 heteroatoms. The molecule has 0 aliphatic carbocycles. The molecule has 1 saturated heterocycles. The van der Waals surface area contributed by atoms with Crippen molar-refractivity contribution in [3.63, 3.8) is 0 Å². The zero-order valence-electron chi connectivity index (χ0n) is 12.2. The first kappa shape index (κ1) is 14.2. The SMILES string of the molecule is Cc1ccc(C[C@@H]2CCCN(C(=O)c3cscn3)C2)cn1. The third-order valence-corrected chi connectivity index (χ3v) is 4.54. The standard InChI is InChI=1S/C16H19N3OS/c1-12-4-5-13(8-17-12)7-14-3-2-6-19(9-14)16(20)15-10-21-11-18-15/h4-5,8,10-11,14H,2-3,6-7,9H2,1H3/t14-/m0/s1. The number of nitrogens with zero attached hydrogens (tertiary/aromatic N) is 3. The molecule has 2 aromatic rings. The van der Waals surface area contributed by atoms with Crippen LogP contribution >= 0.6 is 11.3 Å². The maximum atomic E-state index is 12.4. The minimum absolute atomic E-state index is 0.0722. The van der Waals surface area contributed by atoms with Crippen LogP contribution in [0.1, 0.15) is 34.6 Å². The number of amides is 1. The monoisotopic (exact) mass is 301 g/mol. The molecule has 1 atom stereocenters. The van der Waals surface area contributed by atoms with Crippen LogP contribution in [-0.2, 0) is 6.42 Å². The maximum Gasteiger partial charge on any atom is 0.273 e. The van der Waals surface area contributed by atoms with Crippen LogP contribution in [0.4, 0.5) is 0 Å². The number of rotatable bonds is 3. The molecule has 1 aliphatic heterocycles. The molecule has 1 fully saturated rings. The van der Waals surface area contributed by atoms with Gasteiger partial charge in [-0.2, -0.15) is 0 Å². The fourth-order valence-corrected chi connectivity index (χ4v) is 3.37. The van der Waals surface area contributed by atoms with E-state index >= 15 is 0 Å². The first-order valence-corrected chi connectivity index (χ1v) is 8.25. The summed E-state index contributed by atoms with van der Waals surface area (Å²) in [4.78, 5) is 22.8. The van der Waals surface area contributed by atoms with Gasteiger partial charge in [0, 0.05) is 30.4 Å². The van der Waals surface area contributed by atoms with Crippen molar-refractivity contribution in [3.8, 4) is 0 Å². The quantitative estimate of drug-likeness (QED) is 0.875. The van der Waals surface area contributed by atoms with E-state index in [0.29, 0.717) is 11.6 Å². The van der Waals surface area contributed by atoms with E-state index < -0.39 is 0 Å². The Labute approximate surface area is 128 Å². The zero-order valence-corrected chi connectivity index (χ0v) is 13.0. The molecular formula is C16H19N3OS. The molecule has 0 spiro atoms. The van der Waals surface area contributed by atoms with E-state index in [4.69, 9.17) is 0 Å². The number of thiazole rings is 1. The highest BCUT2D eigenvalue weighted by Gasteiger charge is 2.25. The number of piperidine rings is 1. The topological polar surface area (TPSA) is 46.1 Å². The molecule has 110 valence electrons. The lowest BCUT2D eigenvalue weighted by molar-refractivity contribution is 0.0668. The second-order valence-electron chi connectivity index (χ2n) is 5.65. The van der Waals surface area contributed by atoms with Gasteiger partial charge in [0.2, 0.25) is 0 Å². The van der Waals surface area contributed by atoms with Crippen LogP contribution in [0.5, 0.6) is 0 Å². The first-order valence-electron chi connectivity index (χ1n) is 7.31. The van der Waals surface area contributed by atoms with Crippen molar-refractivity contribution in [1.29, 1.82) is 0 Å². The Hall–Kier alpha value is -1.75. The molecule has 1 amide bonds. The van der Waals surface area contributed by atoms with Gasteiger partial charge in [0.25, 0.3) is 5.91 Å². The predicted octanol–water partition coefficient (Wildman–Crippen LogP) is 2.94. The number of likely N-dealkylation sites (tertiary alicyclic amines) is 1.